The van der Waals surface area contributed by atoms with Gasteiger partial charge in [-0.1, -0.05) is 36.2 Å². The molecule has 0 bridgehead atoms. The molecule has 0 aliphatic rings. The van der Waals surface area contributed by atoms with E-state index in [0.717, 1.165) is 5.56 Å². The predicted octanol–water partition coefficient (Wildman–Crippen LogP) is 3.91. The Labute approximate surface area is 106 Å². The van der Waals surface area contributed by atoms with Gasteiger partial charge in [0.1, 0.15) is 16.6 Å². The Morgan fingerprint density at radius 3 is 2.50 bits per heavy atom. The number of carbonyl (C=O) groups is 1. The maximum Gasteiger partial charge on any atom is 0.139 e. The first-order chi connectivity index (χ1) is 7.60. The van der Waals surface area contributed by atoms with E-state index >= 15 is 0 Å². The van der Waals surface area contributed by atoms with Crippen molar-refractivity contribution in [2.45, 2.75) is 26.7 Å². The normalized spacial score (nSPS) is 10.2. The Kier molecular flexibility index (Phi) is 5.10. The molecule has 0 aromatic heterocycles. The molecule has 1 aromatic rings. The number of rotatable bonds is 5. The molecule has 16 heavy (non-hydrogen) atoms. The fraction of sp³-hybridized carbons (Fsp3) is 0.417. The van der Waals surface area contributed by atoms with Crippen LogP contribution in [0.3, 0.4) is 0 Å². The number of Topliss-reactive ketones (excluding diaryl/α,β-unsaturated/α-hetero) is 1. The molecule has 1 aromatic carbocycles. The van der Waals surface area contributed by atoms with Crippen LogP contribution in [-0.2, 0) is 11.2 Å². The lowest BCUT2D eigenvalue weighted by atomic mass is 10.1. The smallest absolute Gasteiger partial charge is 0.139 e. The summed E-state index contributed by atoms with van der Waals surface area (Å²) in [4.78, 5) is 11.3. The molecule has 88 valence electrons. The zero-order chi connectivity index (χ0) is 12.1. The molecule has 0 atom stereocenters. The number of ketones is 1. The lowest BCUT2D eigenvalue weighted by molar-refractivity contribution is -0.118. The van der Waals surface area contributed by atoms with Crippen molar-refractivity contribution in [2.75, 3.05) is 6.61 Å². The monoisotopic (exact) mass is 260 g/mol. The molecule has 0 heterocycles. The van der Waals surface area contributed by atoms with E-state index in [1.807, 2.05) is 13.8 Å². The summed E-state index contributed by atoms with van der Waals surface area (Å²) in [5.74, 6) is 0.698. The number of hydrogen-bond acceptors (Lipinski definition) is 2. The van der Waals surface area contributed by atoms with Crippen molar-refractivity contribution in [3.05, 3.63) is 27.7 Å². The molecule has 1 rings (SSSR count). The fourth-order valence-corrected chi connectivity index (χ4v) is 1.77. The Balaban J connectivity index is 2.97. The highest BCUT2D eigenvalue weighted by atomic mass is 35.5. The van der Waals surface area contributed by atoms with Crippen LogP contribution in [0.4, 0.5) is 0 Å². The Morgan fingerprint density at radius 2 is 1.94 bits per heavy atom. The molecule has 0 aliphatic carbocycles. The fourth-order valence-electron chi connectivity index (χ4n) is 1.31. The van der Waals surface area contributed by atoms with Gasteiger partial charge in [0, 0.05) is 12.8 Å². The van der Waals surface area contributed by atoms with Gasteiger partial charge < -0.3 is 4.74 Å². The topological polar surface area (TPSA) is 26.3 Å². The lowest BCUT2D eigenvalue weighted by Gasteiger charge is -2.10. The largest absolute Gasteiger partial charge is 0.492 e. The first kappa shape index (κ1) is 13.3. The summed E-state index contributed by atoms with van der Waals surface area (Å²) in [7, 11) is 0. The molecule has 0 saturated carbocycles. The van der Waals surface area contributed by atoms with Crippen LogP contribution in [-0.4, -0.2) is 12.4 Å². The van der Waals surface area contributed by atoms with E-state index in [2.05, 4.69) is 0 Å². The van der Waals surface area contributed by atoms with E-state index in [1.165, 1.54) is 0 Å². The van der Waals surface area contributed by atoms with Crippen LogP contribution in [0, 0.1) is 0 Å². The minimum Gasteiger partial charge on any atom is -0.492 e. The molecular weight excluding hydrogens is 247 g/mol. The number of ether oxygens (including phenoxy) is 1. The molecular formula is C12H14Cl2O2. The van der Waals surface area contributed by atoms with Gasteiger partial charge in [0.25, 0.3) is 0 Å². The molecule has 2 nitrogen and oxygen atoms in total. The zero-order valence-corrected chi connectivity index (χ0v) is 10.9. The van der Waals surface area contributed by atoms with Gasteiger partial charge in [-0.15, -0.1) is 0 Å². The van der Waals surface area contributed by atoms with Gasteiger partial charge in [0.2, 0.25) is 0 Å². The summed E-state index contributed by atoms with van der Waals surface area (Å²) >= 11 is 12.1. The van der Waals surface area contributed by atoms with Crippen LogP contribution in [0.25, 0.3) is 0 Å². The summed E-state index contributed by atoms with van der Waals surface area (Å²) < 4.78 is 5.30. The van der Waals surface area contributed by atoms with Crippen LogP contribution in [0.2, 0.25) is 10.0 Å². The molecule has 0 radical (unpaired) electrons. The number of benzene rings is 1. The lowest BCUT2D eigenvalue weighted by Crippen LogP contribution is -2.02. The predicted molar refractivity (Wildman–Crippen MR) is 66.6 cm³/mol. The summed E-state index contributed by atoms with van der Waals surface area (Å²) in [6.07, 6.45) is 0.822. The number of carbonyl (C=O) groups excluding carboxylic acids is 1. The van der Waals surface area contributed by atoms with Crippen LogP contribution >= 0.6 is 23.2 Å². The van der Waals surface area contributed by atoms with Crippen molar-refractivity contribution < 1.29 is 9.53 Å². The van der Waals surface area contributed by atoms with Crippen molar-refractivity contribution in [1.82, 2.24) is 0 Å². The highest BCUT2D eigenvalue weighted by Gasteiger charge is 2.12. The zero-order valence-electron chi connectivity index (χ0n) is 9.35. The molecule has 0 saturated heterocycles. The summed E-state index contributed by atoms with van der Waals surface area (Å²) in [6, 6.07) is 3.53. The molecule has 0 N–H and O–H groups in total. The number of hydrogen-bond donors (Lipinski definition) is 0. The minimum absolute atomic E-state index is 0.141. The third-order valence-electron chi connectivity index (χ3n) is 2.21. The second-order valence-corrected chi connectivity index (χ2v) is 4.11. The van der Waals surface area contributed by atoms with Crippen molar-refractivity contribution in [3.63, 3.8) is 0 Å². The molecule has 0 unspecified atom stereocenters. The first-order valence-corrected chi connectivity index (χ1v) is 5.97. The average molecular weight is 261 g/mol. The molecule has 4 heteroatoms. The number of halogens is 2. The van der Waals surface area contributed by atoms with Crippen LogP contribution < -0.4 is 4.74 Å². The Morgan fingerprint density at radius 1 is 1.25 bits per heavy atom. The molecule has 0 amide bonds. The van der Waals surface area contributed by atoms with Crippen molar-refractivity contribution in [3.8, 4) is 5.75 Å². The highest BCUT2D eigenvalue weighted by Crippen LogP contribution is 2.35. The van der Waals surface area contributed by atoms with E-state index in [1.54, 1.807) is 12.1 Å². The van der Waals surface area contributed by atoms with Crippen LogP contribution in [0.1, 0.15) is 25.8 Å². The van der Waals surface area contributed by atoms with E-state index in [4.69, 9.17) is 27.9 Å². The quantitative estimate of drug-likeness (QED) is 0.803. The maximum absolute atomic E-state index is 11.3. The summed E-state index contributed by atoms with van der Waals surface area (Å²) in [5.41, 5.74) is 0.752. The van der Waals surface area contributed by atoms with Crippen LogP contribution in [0.15, 0.2) is 12.1 Å². The molecule has 0 fully saturated rings. The molecule has 0 aliphatic heterocycles. The van der Waals surface area contributed by atoms with Crippen molar-refractivity contribution in [1.29, 1.82) is 0 Å². The standard InChI is InChI=1S/C12H14Cl2O2/c1-3-9(15)7-8-5-6-10(16-4-2)12(14)11(8)13/h5-6H,3-4,7H2,1-2H3. The van der Waals surface area contributed by atoms with Crippen molar-refractivity contribution >= 4 is 29.0 Å². The van der Waals surface area contributed by atoms with Gasteiger partial charge in [-0.2, -0.15) is 0 Å². The van der Waals surface area contributed by atoms with Crippen LogP contribution in [0.5, 0.6) is 5.75 Å². The van der Waals surface area contributed by atoms with Gasteiger partial charge in [-0.3, -0.25) is 4.79 Å². The van der Waals surface area contributed by atoms with E-state index in [0.29, 0.717) is 35.2 Å². The third kappa shape index (κ3) is 3.13. The van der Waals surface area contributed by atoms with Gasteiger partial charge in [-0.05, 0) is 18.6 Å². The maximum atomic E-state index is 11.3. The van der Waals surface area contributed by atoms with Gasteiger partial charge in [0.05, 0.1) is 11.6 Å². The van der Waals surface area contributed by atoms with E-state index < -0.39 is 0 Å². The van der Waals surface area contributed by atoms with E-state index in [9.17, 15) is 4.79 Å². The SMILES string of the molecule is CCOc1ccc(CC(=O)CC)c(Cl)c1Cl. The Bertz CT molecular complexity index is 389. The second kappa shape index (κ2) is 6.12. The summed E-state index contributed by atoms with van der Waals surface area (Å²) in [6.45, 7) is 4.23. The van der Waals surface area contributed by atoms with Gasteiger partial charge >= 0.3 is 0 Å². The average Bonchev–Trinajstić information content (AvgIpc) is 2.28. The van der Waals surface area contributed by atoms with E-state index in [-0.39, 0.29) is 5.78 Å². The highest BCUT2D eigenvalue weighted by molar-refractivity contribution is 6.43. The third-order valence-corrected chi connectivity index (χ3v) is 3.11. The van der Waals surface area contributed by atoms with Gasteiger partial charge in [-0.25, -0.2) is 0 Å². The second-order valence-electron chi connectivity index (χ2n) is 3.35. The minimum atomic E-state index is 0.141. The molecule has 0 spiro atoms. The van der Waals surface area contributed by atoms with Gasteiger partial charge in [0.15, 0.2) is 0 Å². The summed E-state index contributed by atoms with van der Waals surface area (Å²) in [5, 5.41) is 0.791. The first-order valence-electron chi connectivity index (χ1n) is 5.21. The van der Waals surface area contributed by atoms with Crippen molar-refractivity contribution in [2.24, 2.45) is 0 Å². The Hall–Kier alpha value is -0.730.